The summed E-state index contributed by atoms with van der Waals surface area (Å²) in [5, 5.41) is 0.528. The smallest absolute Gasteiger partial charge is 0.0122 e. The third-order valence-corrected chi connectivity index (χ3v) is 7.67. The van der Waals surface area contributed by atoms with Gasteiger partial charge in [0.25, 0.3) is 0 Å². The lowest BCUT2D eigenvalue weighted by Crippen LogP contribution is -2.32. The minimum Gasteiger partial charge on any atom is -0.147 e. The molecule has 2 unspecified atom stereocenters. The summed E-state index contributed by atoms with van der Waals surface area (Å²) in [5.41, 5.74) is 0. The first-order valence-electron chi connectivity index (χ1n) is 12.9. The van der Waals surface area contributed by atoms with E-state index in [1.807, 2.05) is 0 Å². The van der Waals surface area contributed by atoms with Crippen LogP contribution in [0, 0.1) is 5.92 Å². The summed E-state index contributed by atoms with van der Waals surface area (Å²) in [5.74, 6) is 0.943. The van der Waals surface area contributed by atoms with Gasteiger partial charge in [0.1, 0.15) is 0 Å². The third-order valence-electron chi connectivity index (χ3n) is 6.62. The molecule has 0 spiro atoms. The maximum absolute atomic E-state index is 3.43. The molecule has 0 nitrogen and oxygen atoms in total. The van der Waals surface area contributed by atoms with Crippen molar-refractivity contribution in [3.63, 3.8) is 0 Å². The van der Waals surface area contributed by atoms with Crippen molar-refractivity contribution in [2.24, 2.45) is 5.92 Å². The molecule has 0 radical (unpaired) electrons. The molecule has 0 aromatic carbocycles. The molecule has 28 heavy (non-hydrogen) atoms. The summed E-state index contributed by atoms with van der Waals surface area (Å²) < 4.78 is 0. The molecule has 0 aliphatic carbocycles. The Morgan fingerprint density at radius 1 is 0.500 bits per heavy atom. The zero-order chi connectivity index (χ0) is 20.2. The summed E-state index contributed by atoms with van der Waals surface area (Å²) in [6, 6.07) is 0. The van der Waals surface area contributed by atoms with E-state index >= 15 is 0 Å². The highest BCUT2D eigenvalue weighted by Crippen LogP contribution is 2.43. The molecule has 0 aliphatic heterocycles. The van der Waals surface area contributed by atoms with E-state index < -0.39 is 0 Å². The first-order valence-corrected chi connectivity index (χ1v) is 13.5. The molecule has 0 aliphatic rings. The molecule has 0 aromatic rings. The van der Waals surface area contributed by atoms with Crippen molar-refractivity contribution in [2.45, 2.75) is 161 Å². The van der Waals surface area contributed by atoms with Gasteiger partial charge in [0, 0.05) is 0 Å². The number of hydrogen-bond acceptors (Lipinski definition) is 0. The van der Waals surface area contributed by atoms with Crippen LogP contribution in [0.4, 0.5) is 0 Å². The quantitative estimate of drug-likeness (QED) is 0.124. The van der Waals surface area contributed by atoms with Gasteiger partial charge < -0.3 is 0 Å². The summed E-state index contributed by atoms with van der Waals surface area (Å²) in [6.07, 6.45) is 28.7. The normalized spacial score (nSPS) is 12.8. The van der Waals surface area contributed by atoms with Crippen LogP contribution in [-0.4, -0.2) is 5.16 Å². The maximum atomic E-state index is 3.43. The molecular weight excluding hydrogens is 379 g/mol. The van der Waals surface area contributed by atoms with Gasteiger partial charge in [-0.05, 0) is 36.8 Å². The van der Waals surface area contributed by atoms with Crippen molar-refractivity contribution >= 4 is 21.6 Å². The highest BCUT2D eigenvalue weighted by molar-refractivity contribution is 7.19. The van der Waals surface area contributed by atoms with Crippen LogP contribution >= 0.6 is 21.6 Å². The van der Waals surface area contributed by atoms with E-state index in [9.17, 15) is 0 Å². The van der Waals surface area contributed by atoms with Crippen LogP contribution in [-0.2, 0) is 0 Å². The van der Waals surface area contributed by atoms with Crippen molar-refractivity contribution in [3.05, 3.63) is 0 Å². The fraction of sp³-hybridized carbons (Fsp3) is 1.00. The van der Waals surface area contributed by atoms with Crippen LogP contribution < -0.4 is 0 Å². The van der Waals surface area contributed by atoms with Crippen LogP contribution in [0.15, 0.2) is 0 Å². The van der Waals surface area contributed by atoms with Crippen molar-refractivity contribution in [1.29, 1.82) is 0 Å². The first kappa shape index (κ1) is 30.9. The second-order valence-corrected chi connectivity index (χ2v) is 10.4. The molecule has 0 aromatic heterocycles. The molecule has 0 fully saturated rings. The highest BCUT2D eigenvalue weighted by atomic mass is 35.5. The van der Waals surface area contributed by atoms with Gasteiger partial charge in [-0.2, -0.15) is 0 Å². The molecule has 2 heteroatoms. The van der Waals surface area contributed by atoms with Crippen molar-refractivity contribution in [3.8, 4) is 0 Å². The SMILES string of the molecule is CCCCCCCCCC(CCCCC)C(P)(CCCCC)CCCCC.Cl. The number of halogens is 1. The first-order chi connectivity index (χ1) is 13.1. The van der Waals surface area contributed by atoms with Crippen LogP contribution in [0.1, 0.15) is 156 Å². The van der Waals surface area contributed by atoms with Crippen molar-refractivity contribution in [1.82, 2.24) is 0 Å². The zero-order valence-corrected chi connectivity index (χ0v) is 22.2. The molecular formula is C26H56ClP. The van der Waals surface area contributed by atoms with Gasteiger partial charge in [-0.15, -0.1) is 21.6 Å². The van der Waals surface area contributed by atoms with Crippen LogP contribution in [0.2, 0.25) is 0 Å². The Labute approximate surface area is 188 Å². The van der Waals surface area contributed by atoms with E-state index in [2.05, 4.69) is 36.9 Å². The van der Waals surface area contributed by atoms with Gasteiger partial charge in [-0.3, -0.25) is 0 Å². The Morgan fingerprint density at radius 2 is 0.821 bits per heavy atom. The van der Waals surface area contributed by atoms with Crippen LogP contribution in [0.25, 0.3) is 0 Å². The molecule has 0 rings (SSSR count). The van der Waals surface area contributed by atoms with E-state index in [0.717, 1.165) is 5.92 Å². The summed E-state index contributed by atoms with van der Waals surface area (Å²) in [7, 11) is 3.43. The predicted octanol–water partition coefficient (Wildman–Crippen LogP) is 10.5. The Kier molecular flexibility index (Phi) is 24.7. The average molecular weight is 435 g/mol. The fourth-order valence-corrected chi connectivity index (χ4v) is 5.39. The van der Waals surface area contributed by atoms with Gasteiger partial charge in [0.2, 0.25) is 0 Å². The Hall–Kier alpha value is 0.720. The van der Waals surface area contributed by atoms with E-state index in [1.165, 1.54) is 128 Å². The topological polar surface area (TPSA) is 0 Å². The van der Waals surface area contributed by atoms with Gasteiger partial charge in [-0.1, -0.05) is 130 Å². The lowest BCUT2D eigenvalue weighted by molar-refractivity contribution is 0.271. The van der Waals surface area contributed by atoms with E-state index in [-0.39, 0.29) is 12.4 Å². The molecule has 2 atom stereocenters. The van der Waals surface area contributed by atoms with Gasteiger partial charge in [0.15, 0.2) is 0 Å². The minimum atomic E-state index is 0. The standard InChI is InChI=1S/C26H55P.ClH/c1-5-9-13-14-15-16-18-22-25(21-17-10-6-2)26(27,23-19-11-7-3)24-20-12-8-4;/h25H,5-24,27H2,1-4H3;1H. The van der Waals surface area contributed by atoms with E-state index in [1.54, 1.807) is 0 Å². The monoisotopic (exact) mass is 434 g/mol. The number of unbranched alkanes of at least 4 members (excludes halogenated alkanes) is 12. The second kappa shape index (κ2) is 22.4. The lowest BCUT2D eigenvalue weighted by Gasteiger charge is -2.39. The number of hydrogen-bond donors (Lipinski definition) is 0. The Morgan fingerprint density at radius 3 is 1.29 bits per heavy atom. The molecule has 0 amide bonds. The number of rotatable bonds is 21. The molecule has 0 heterocycles. The molecule has 172 valence electrons. The average Bonchev–Trinajstić information content (AvgIpc) is 2.66. The third kappa shape index (κ3) is 16.5. The van der Waals surface area contributed by atoms with E-state index in [4.69, 9.17) is 0 Å². The van der Waals surface area contributed by atoms with Gasteiger partial charge in [0.05, 0.1) is 0 Å². The van der Waals surface area contributed by atoms with Gasteiger partial charge in [-0.25, -0.2) is 0 Å². The Balaban J connectivity index is 0. The van der Waals surface area contributed by atoms with E-state index in [0.29, 0.717) is 5.16 Å². The molecule has 0 N–H and O–H groups in total. The molecule has 0 saturated heterocycles. The zero-order valence-electron chi connectivity index (χ0n) is 20.2. The van der Waals surface area contributed by atoms with Crippen LogP contribution in [0.5, 0.6) is 0 Å². The van der Waals surface area contributed by atoms with Crippen LogP contribution in [0.3, 0.4) is 0 Å². The van der Waals surface area contributed by atoms with Crippen molar-refractivity contribution < 1.29 is 0 Å². The highest BCUT2D eigenvalue weighted by Gasteiger charge is 2.32. The molecule has 0 saturated carbocycles. The molecule has 0 bridgehead atoms. The predicted molar refractivity (Wildman–Crippen MR) is 138 cm³/mol. The summed E-state index contributed by atoms with van der Waals surface area (Å²) in [6.45, 7) is 9.36. The van der Waals surface area contributed by atoms with Gasteiger partial charge >= 0.3 is 0 Å². The summed E-state index contributed by atoms with van der Waals surface area (Å²) in [4.78, 5) is 0. The maximum Gasteiger partial charge on any atom is -0.0122 e. The fourth-order valence-electron chi connectivity index (χ4n) is 4.65. The second-order valence-electron chi connectivity index (χ2n) is 9.25. The lowest BCUT2D eigenvalue weighted by atomic mass is 9.77. The van der Waals surface area contributed by atoms with Crippen molar-refractivity contribution in [2.75, 3.05) is 0 Å². The minimum absolute atomic E-state index is 0. The summed E-state index contributed by atoms with van der Waals surface area (Å²) >= 11 is 0. The Bertz CT molecular complexity index is 282. The largest absolute Gasteiger partial charge is 0.147 e.